The Morgan fingerprint density at radius 2 is 1.90 bits per heavy atom. The molecule has 3 aromatic rings. The monoisotopic (exact) mass is 412 g/mol. The van der Waals surface area contributed by atoms with Crippen LogP contribution in [0.25, 0.3) is 10.9 Å². The molecular formula is C23H25FN2O2S. The van der Waals surface area contributed by atoms with E-state index in [0.29, 0.717) is 52.1 Å². The predicted molar refractivity (Wildman–Crippen MR) is 118 cm³/mol. The van der Waals surface area contributed by atoms with Gasteiger partial charge >= 0.3 is 0 Å². The first-order valence-corrected chi connectivity index (χ1v) is 11.3. The van der Waals surface area contributed by atoms with Crippen LogP contribution in [0.2, 0.25) is 0 Å². The summed E-state index contributed by atoms with van der Waals surface area (Å²) >= 11 is 0. The number of anilines is 2. The van der Waals surface area contributed by atoms with Gasteiger partial charge in [-0.15, -0.1) is 0 Å². The standard InChI is InChI=1S/C23H25FN2O2S/c1-3-11-29(28)12-10-16-13-18-21(14-20(16)24)25-15-19(22(27)4-2)23(18)26-17-8-6-5-7-9-17/h5-9,13-15H,3-4,10-12H2,1-2H3,(H,25,26). The molecule has 6 heteroatoms. The van der Waals surface area contributed by atoms with E-state index < -0.39 is 10.8 Å². The molecular weight excluding hydrogens is 387 g/mol. The summed E-state index contributed by atoms with van der Waals surface area (Å²) in [4.78, 5) is 16.8. The van der Waals surface area contributed by atoms with Gasteiger partial charge in [0, 0.05) is 52.1 Å². The Morgan fingerprint density at radius 1 is 1.14 bits per heavy atom. The van der Waals surface area contributed by atoms with E-state index >= 15 is 0 Å². The smallest absolute Gasteiger partial charge is 0.166 e. The minimum Gasteiger partial charge on any atom is -0.354 e. The Balaban J connectivity index is 2.08. The SMILES string of the molecule is CCCS(=O)CCc1cc2c(Nc3ccccc3)c(C(=O)CC)cnc2cc1F. The van der Waals surface area contributed by atoms with Gasteiger partial charge in [-0.05, 0) is 36.6 Å². The highest BCUT2D eigenvalue weighted by molar-refractivity contribution is 7.84. The van der Waals surface area contributed by atoms with Gasteiger partial charge in [-0.3, -0.25) is 14.0 Å². The second-order valence-corrected chi connectivity index (χ2v) is 8.57. The van der Waals surface area contributed by atoms with Crippen LogP contribution < -0.4 is 5.32 Å². The Labute approximate surface area is 173 Å². The highest BCUT2D eigenvalue weighted by atomic mass is 32.2. The fourth-order valence-corrected chi connectivity index (χ4v) is 4.31. The number of hydrogen-bond donors (Lipinski definition) is 1. The van der Waals surface area contributed by atoms with Crippen molar-refractivity contribution in [2.24, 2.45) is 0 Å². The number of hydrogen-bond acceptors (Lipinski definition) is 4. The fraction of sp³-hybridized carbons (Fsp3) is 0.304. The van der Waals surface area contributed by atoms with E-state index in [1.807, 2.05) is 37.3 Å². The van der Waals surface area contributed by atoms with E-state index in [0.717, 1.165) is 12.1 Å². The second kappa shape index (κ2) is 9.74. The van der Waals surface area contributed by atoms with E-state index in [-0.39, 0.29) is 11.6 Å². The molecule has 1 aromatic heterocycles. The quantitative estimate of drug-likeness (QED) is 0.477. The fourth-order valence-electron chi connectivity index (χ4n) is 3.21. The van der Waals surface area contributed by atoms with Gasteiger partial charge in [-0.2, -0.15) is 0 Å². The molecule has 0 aliphatic heterocycles. The molecule has 29 heavy (non-hydrogen) atoms. The van der Waals surface area contributed by atoms with Crippen molar-refractivity contribution in [1.82, 2.24) is 4.98 Å². The van der Waals surface area contributed by atoms with Crippen LogP contribution in [0.3, 0.4) is 0 Å². The van der Waals surface area contributed by atoms with Crippen molar-refractivity contribution in [1.29, 1.82) is 0 Å². The number of carbonyl (C=O) groups excluding carboxylic acids is 1. The highest BCUT2D eigenvalue weighted by Gasteiger charge is 2.17. The van der Waals surface area contributed by atoms with Gasteiger partial charge in [0.15, 0.2) is 5.78 Å². The van der Waals surface area contributed by atoms with Gasteiger partial charge in [0.1, 0.15) is 5.82 Å². The van der Waals surface area contributed by atoms with Gasteiger partial charge in [0.2, 0.25) is 0 Å². The third kappa shape index (κ3) is 5.07. The number of para-hydroxylation sites is 1. The molecule has 0 bridgehead atoms. The van der Waals surface area contributed by atoms with Crippen LogP contribution in [-0.4, -0.2) is 26.5 Å². The number of ketones is 1. The second-order valence-electron chi connectivity index (χ2n) is 6.87. The predicted octanol–water partition coefficient (Wildman–Crippen LogP) is 5.41. The van der Waals surface area contributed by atoms with Gasteiger partial charge in [-0.1, -0.05) is 32.0 Å². The summed E-state index contributed by atoms with van der Waals surface area (Å²) < 4.78 is 26.6. The van der Waals surface area contributed by atoms with Gasteiger partial charge in [-0.25, -0.2) is 4.39 Å². The minimum absolute atomic E-state index is 0.0345. The maximum atomic E-state index is 14.6. The lowest BCUT2D eigenvalue weighted by atomic mass is 10.0. The van der Waals surface area contributed by atoms with Crippen molar-refractivity contribution in [3.63, 3.8) is 0 Å². The summed E-state index contributed by atoms with van der Waals surface area (Å²) in [7, 11) is -0.965. The van der Waals surface area contributed by atoms with Crippen molar-refractivity contribution in [2.45, 2.75) is 33.1 Å². The number of benzene rings is 2. The zero-order chi connectivity index (χ0) is 20.8. The summed E-state index contributed by atoms with van der Waals surface area (Å²) in [5.74, 6) is 0.636. The van der Waals surface area contributed by atoms with Gasteiger partial charge in [0.05, 0.1) is 16.8 Å². The lowest BCUT2D eigenvalue weighted by molar-refractivity contribution is 0.0989. The molecule has 1 heterocycles. The van der Waals surface area contributed by atoms with Crippen molar-refractivity contribution >= 4 is 38.9 Å². The number of Topliss-reactive ketones (excluding diaryl/α,β-unsaturated/α-hetero) is 1. The molecule has 0 saturated heterocycles. The van der Waals surface area contributed by atoms with E-state index in [4.69, 9.17) is 0 Å². The summed E-state index contributed by atoms with van der Waals surface area (Å²) in [5.41, 5.74) is 2.91. The molecule has 3 rings (SSSR count). The Bertz CT molecular complexity index is 1040. The number of rotatable bonds is 9. The number of aromatic nitrogens is 1. The average molecular weight is 413 g/mol. The molecule has 2 aromatic carbocycles. The first-order chi connectivity index (χ1) is 14.0. The van der Waals surface area contributed by atoms with Crippen LogP contribution in [0.15, 0.2) is 48.7 Å². The number of pyridine rings is 1. The third-order valence-electron chi connectivity index (χ3n) is 4.73. The lowest BCUT2D eigenvalue weighted by Gasteiger charge is -2.15. The van der Waals surface area contributed by atoms with Crippen molar-refractivity contribution < 1.29 is 13.4 Å². The van der Waals surface area contributed by atoms with Crippen LogP contribution in [0.1, 0.15) is 42.6 Å². The van der Waals surface area contributed by atoms with E-state index in [1.165, 1.54) is 12.3 Å². The Morgan fingerprint density at radius 3 is 2.59 bits per heavy atom. The zero-order valence-corrected chi connectivity index (χ0v) is 17.5. The van der Waals surface area contributed by atoms with Crippen LogP contribution in [0.4, 0.5) is 15.8 Å². The highest BCUT2D eigenvalue weighted by Crippen LogP contribution is 2.32. The molecule has 0 amide bonds. The number of nitrogens with zero attached hydrogens (tertiary/aromatic N) is 1. The van der Waals surface area contributed by atoms with Gasteiger partial charge < -0.3 is 5.32 Å². The molecule has 0 fully saturated rings. The normalized spacial score (nSPS) is 12.1. The van der Waals surface area contributed by atoms with E-state index in [2.05, 4.69) is 10.3 Å². The van der Waals surface area contributed by atoms with E-state index in [1.54, 1.807) is 13.0 Å². The van der Waals surface area contributed by atoms with Gasteiger partial charge in [0.25, 0.3) is 0 Å². The van der Waals surface area contributed by atoms with Crippen molar-refractivity contribution in [3.8, 4) is 0 Å². The topological polar surface area (TPSA) is 59.1 Å². The van der Waals surface area contributed by atoms with Crippen molar-refractivity contribution in [2.75, 3.05) is 16.8 Å². The molecule has 0 radical (unpaired) electrons. The number of halogens is 1. The third-order valence-corrected chi connectivity index (χ3v) is 6.25. The van der Waals surface area contributed by atoms with Crippen LogP contribution in [0, 0.1) is 5.82 Å². The molecule has 1 atom stereocenters. The number of nitrogens with one attached hydrogen (secondary N) is 1. The molecule has 0 aliphatic carbocycles. The minimum atomic E-state index is -0.965. The number of fused-ring (bicyclic) bond motifs is 1. The molecule has 0 spiro atoms. The van der Waals surface area contributed by atoms with Crippen molar-refractivity contribution in [3.05, 3.63) is 65.6 Å². The average Bonchev–Trinajstić information content (AvgIpc) is 2.73. The Hall–Kier alpha value is -2.60. The molecule has 152 valence electrons. The summed E-state index contributed by atoms with van der Waals surface area (Å²) in [6.45, 7) is 3.78. The van der Waals surface area contributed by atoms with Crippen LogP contribution in [-0.2, 0) is 17.2 Å². The summed E-state index contributed by atoms with van der Waals surface area (Å²) in [5, 5.41) is 4.01. The summed E-state index contributed by atoms with van der Waals surface area (Å²) in [6, 6.07) is 12.7. The van der Waals surface area contributed by atoms with E-state index in [9.17, 15) is 13.4 Å². The largest absolute Gasteiger partial charge is 0.354 e. The van der Waals surface area contributed by atoms with Crippen LogP contribution in [0.5, 0.6) is 0 Å². The maximum Gasteiger partial charge on any atom is 0.166 e. The first kappa shape index (κ1) is 21.1. The first-order valence-electron chi connectivity index (χ1n) is 9.84. The zero-order valence-electron chi connectivity index (χ0n) is 16.7. The molecule has 1 unspecified atom stereocenters. The summed E-state index contributed by atoms with van der Waals surface area (Å²) in [6.07, 6.45) is 3.07. The van der Waals surface area contributed by atoms with Crippen LogP contribution >= 0.6 is 0 Å². The maximum absolute atomic E-state index is 14.6. The number of carbonyl (C=O) groups is 1. The number of aryl methyl sites for hydroxylation is 1. The lowest BCUT2D eigenvalue weighted by Crippen LogP contribution is -2.08. The molecule has 1 N–H and O–H groups in total. The molecule has 0 saturated carbocycles. The Kier molecular flexibility index (Phi) is 7.09. The molecule has 0 aliphatic rings. The molecule has 4 nitrogen and oxygen atoms in total.